The van der Waals surface area contributed by atoms with E-state index in [1.165, 1.54) is 17.1 Å². The van der Waals surface area contributed by atoms with Gasteiger partial charge in [-0.05, 0) is 12.1 Å². The first-order chi connectivity index (χ1) is 8.24. The van der Waals surface area contributed by atoms with Gasteiger partial charge < -0.3 is 9.52 Å². The van der Waals surface area contributed by atoms with E-state index >= 15 is 0 Å². The molecule has 0 amide bonds. The molecule has 0 aliphatic heterocycles. The van der Waals surface area contributed by atoms with Gasteiger partial charge in [0.2, 0.25) is 0 Å². The summed E-state index contributed by atoms with van der Waals surface area (Å²) in [5.41, 5.74) is 1.31. The lowest BCUT2D eigenvalue weighted by Crippen LogP contribution is -1.95. The average Bonchev–Trinajstić information content (AvgIpc) is 2.95. The summed E-state index contributed by atoms with van der Waals surface area (Å²) >= 11 is 0. The highest BCUT2D eigenvalue weighted by Crippen LogP contribution is 2.17. The number of imidazole rings is 1. The number of carboxylic acid groups (broad SMARTS) is 1. The number of hydrogen-bond donors (Lipinski definition) is 1. The van der Waals surface area contributed by atoms with Crippen molar-refractivity contribution in [2.45, 2.75) is 0 Å². The van der Waals surface area contributed by atoms with Crippen LogP contribution in [0, 0.1) is 0 Å². The third kappa shape index (κ3) is 1.55. The molecule has 3 aromatic rings. The molecule has 6 heteroatoms. The minimum Gasteiger partial charge on any atom is -0.476 e. The van der Waals surface area contributed by atoms with Crippen LogP contribution in [-0.4, -0.2) is 25.6 Å². The van der Waals surface area contributed by atoms with Crippen LogP contribution < -0.4 is 0 Å². The van der Waals surface area contributed by atoms with Crippen LogP contribution in [0.5, 0.6) is 0 Å². The molecule has 0 atom stereocenters. The highest BCUT2D eigenvalue weighted by molar-refractivity contribution is 5.85. The number of aromatic carboxylic acids is 1. The van der Waals surface area contributed by atoms with Gasteiger partial charge in [0.05, 0.1) is 0 Å². The molecule has 1 aromatic carbocycles. The summed E-state index contributed by atoms with van der Waals surface area (Å²) in [7, 11) is 0. The van der Waals surface area contributed by atoms with E-state index in [9.17, 15) is 4.79 Å². The monoisotopic (exact) mass is 229 g/mol. The molecule has 2 aromatic heterocycles. The highest BCUT2D eigenvalue weighted by atomic mass is 16.4. The molecule has 0 unspecified atom stereocenters. The van der Waals surface area contributed by atoms with E-state index in [0.29, 0.717) is 17.1 Å². The lowest BCUT2D eigenvalue weighted by molar-refractivity contribution is 0.0691. The van der Waals surface area contributed by atoms with Gasteiger partial charge in [0.25, 0.3) is 0 Å². The first kappa shape index (κ1) is 9.59. The van der Waals surface area contributed by atoms with Gasteiger partial charge in [-0.1, -0.05) is 12.1 Å². The molecule has 0 radical (unpaired) electrons. The van der Waals surface area contributed by atoms with E-state index in [1.807, 2.05) is 18.2 Å². The van der Waals surface area contributed by atoms with E-state index in [0.717, 1.165) is 0 Å². The Morgan fingerprint density at radius 1 is 1.35 bits per heavy atom. The first-order valence-corrected chi connectivity index (χ1v) is 4.87. The molecule has 17 heavy (non-hydrogen) atoms. The highest BCUT2D eigenvalue weighted by Gasteiger charge is 2.11. The van der Waals surface area contributed by atoms with Crippen LogP contribution in [0.1, 0.15) is 10.5 Å². The molecule has 0 saturated heterocycles. The maximum Gasteiger partial charge on any atom is 0.356 e. The van der Waals surface area contributed by atoms with E-state index in [4.69, 9.17) is 9.52 Å². The van der Waals surface area contributed by atoms with Crippen LogP contribution in [0.4, 0.5) is 0 Å². The zero-order valence-electron chi connectivity index (χ0n) is 8.57. The van der Waals surface area contributed by atoms with Crippen molar-refractivity contribution in [1.82, 2.24) is 14.5 Å². The lowest BCUT2D eigenvalue weighted by atomic mass is 10.3. The van der Waals surface area contributed by atoms with Crippen LogP contribution >= 0.6 is 0 Å². The van der Waals surface area contributed by atoms with Crippen LogP contribution in [-0.2, 0) is 0 Å². The second-order valence-electron chi connectivity index (χ2n) is 3.44. The van der Waals surface area contributed by atoms with Crippen LogP contribution in [0.2, 0.25) is 0 Å². The average molecular weight is 229 g/mol. The SMILES string of the molecule is O=C(O)c1cn(-c2nc3ccccc3o2)cn1. The molecule has 1 N–H and O–H groups in total. The third-order valence-corrected chi connectivity index (χ3v) is 2.31. The Labute approximate surface area is 95.1 Å². The first-order valence-electron chi connectivity index (χ1n) is 4.87. The number of oxazole rings is 1. The maximum atomic E-state index is 10.7. The summed E-state index contributed by atoms with van der Waals surface area (Å²) in [6.07, 6.45) is 2.71. The molecule has 0 aliphatic rings. The molecule has 0 saturated carbocycles. The molecule has 3 rings (SSSR count). The Kier molecular flexibility index (Phi) is 1.94. The lowest BCUT2D eigenvalue weighted by Gasteiger charge is -1.90. The predicted molar refractivity (Wildman–Crippen MR) is 58.1 cm³/mol. The van der Waals surface area contributed by atoms with E-state index in [1.54, 1.807) is 6.07 Å². The molecule has 0 aliphatic carbocycles. The molecule has 0 bridgehead atoms. The Morgan fingerprint density at radius 2 is 2.18 bits per heavy atom. The summed E-state index contributed by atoms with van der Waals surface area (Å²) in [5, 5.41) is 8.76. The summed E-state index contributed by atoms with van der Waals surface area (Å²) in [5.74, 6) is -1.08. The number of benzene rings is 1. The zero-order chi connectivity index (χ0) is 11.8. The number of fused-ring (bicyclic) bond motifs is 1. The maximum absolute atomic E-state index is 10.7. The topological polar surface area (TPSA) is 81.1 Å². The van der Waals surface area contributed by atoms with Crippen LogP contribution in [0.25, 0.3) is 17.1 Å². The standard InChI is InChI=1S/C11H7N3O3/c15-10(16)8-5-14(6-12-8)11-13-7-3-1-2-4-9(7)17-11/h1-6H,(H,15,16). The number of para-hydroxylation sites is 2. The molecular formula is C11H7N3O3. The van der Waals surface area contributed by atoms with Crippen LogP contribution in [0.15, 0.2) is 41.2 Å². The minimum atomic E-state index is -1.08. The van der Waals surface area contributed by atoms with Crippen molar-refractivity contribution in [2.24, 2.45) is 0 Å². The largest absolute Gasteiger partial charge is 0.476 e. The van der Waals surface area contributed by atoms with Crippen molar-refractivity contribution < 1.29 is 14.3 Å². The van der Waals surface area contributed by atoms with E-state index < -0.39 is 5.97 Å². The van der Waals surface area contributed by atoms with Gasteiger partial charge >= 0.3 is 12.0 Å². The number of carbonyl (C=O) groups is 1. The van der Waals surface area contributed by atoms with Crippen LogP contribution in [0.3, 0.4) is 0 Å². The number of nitrogens with zero attached hydrogens (tertiary/aromatic N) is 3. The fraction of sp³-hybridized carbons (Fsp3) is 0. The third-order valence-electron chi connectivity index (χ3n) is 2.31. The van der Waals surface area contributed by atoms with Crippen molar-refractivity contribution in [3.63, 3.8) is 0 Å². The zero-order valence-corrected chi connectivity index (χ0v) is 8.57. The molecule has 2 heterocycles. The van der Waals surface area contributed by atoms with Crippen molar-refractivity contribution in [2.75, 3.05) is 0 Å². The van der Waals surface area contributed by atoms with Gasteiger partial charge in [0, 0.05) is 6.20 Å². The molecule has 84 valence electrons. The minimum absolute atomic E-state index is 0.0488. The number of rotatable bonds is 2. The second-order valence-corrected chi connectivity index (χ2v) is 3.44. The Bertz CT molecular complexity index is 666. The van der Waals surface area contributed by atoms with Gasteiger partial charge in [0.1, 0.15) is 11.8 Å². The molecule has 6 nitrogen and oxygen atoms in total. The molecular weight excluding hydrogens is 222 g/mol. The van der Waals surface area contributed by atoms with Gasteiger partial charge in [-0.3, -0.25) is 4.57 Å². The Balaban J connectivity index is 2.10. The smallest absolute Gasteiger partial charge is 0.356 e. The predicted octanol–water partition coefficient (Wildman–Crippen LogP) is 1.71. The van der Waals surface area contributed by atoms with E-state index in [-0.39, 0.29) is 5.69 Å². The summed E-state index contributed by atoms with van der Waals surface area (Å²) < 4.78 is 6.90. The summed E-state index contributed by atoms with van der Waals surface area (Å²) in [6, 6.07) is 7.60. The Morgan fingerprint density at radius 3 is 2.88 bits per heavy atom. The van der Waals surface area contributed by atoms with Gasteiger partial charge in [-0.15, -0.1) is 0 Å². The summed E-state index contributed by atoms with van der Waals surface area (Å²) in [6.45, 7) is 0. The van der Waals surface area contributed by atoms with Crippen molar-refractivity contribution >= 4 is 17.1 Å². The van der Waals surface area contributed by atoms with Crippen molar-refractivity contribution in [1.29, 1.82) is 0 Å². The Hall–Kier alpha value is -2.63. The molecule has 0 spiro atoms. The van der Waals surface area contributed by atoms with Gasteiger partial charge in [-0.25, -0.2) is 9.78 Å². The summed E-state index contributed by atoms with van der Waals surface area (Å²) in [4.78, 5) is 18.6. The van der Waals surface area contributed by atoms with Crippen molar-refractivity contribution in [3.05, 3.63) is 42.5 Å². The van der Waals surface area contributed by atoms with Gasteiger partial charge in [-0.2, -0.15) is 4.98 Å². The number of aromatic nitrogens is 3. The fourth-order valence-corrected chi connectivity index (χ4v) is 1.51. The number of carboxylic acids is 1. The normalized spacial score (nSPS) is 10.8. The fourth-order valence-electron chi connectivity index (χ4n) is 1.51. The number of hydrogen-bond acceptors (Lipinski definition) is 4. The van der Waals surface area contributed by atoms with Crippen molar-refractivity contribution in [3.8, 4) is 6.01 Å². The van der Waals surface area contributed by atoms with Gasteiger partial charge in [0.15, 0.2) is 11.3 Å². The quantitative estimate of drug-likeness (QED) is 0.723. The van der Waals surface area contributed by atoms with E-state index in [2.05, 4.69) is 9.97 Å². The second kappa shape index (κ2) is 3.44. The molecule has 0 fully saturated rings.